The maximum Gasteiger partial charge on any atom is 0.272 e. The predicted molar refractivity (Wildman–Crippen MR) is 170 cm³/mol. The van der Waals surface area contributed by atoms with E-state index < -0.39 is 11.8 Å². The smallest absolute Gasteiger partial charge is 0.272 e. The number of nitrogens with zero attached hydrogens (tertiary/aromatic N) is 2. The number of amides is 3. The van der Waals surface area contributed by atoms with Gasteiger partial charge in [-0.25, -0.2) is 0 Å². The number of aromatic nitrogens is 2. The third kappa shape index (κ3) is 8.06. The molecule has 0 aliphatic carbocycles. The first-order valence-corrected chi connectivity index (χ1v) is 15.0. The molecule has 0 saturated carbocycles. The highest BCUT2D eigenvalue weighted by molar-refractivity contribution is 8.00. The predicted octanol–water partition coefficient (Wildman–Crippen LogP) is 6.64. The van der Waals surface area contributed by atoms with Crippen molar-refractivity contribution in [3.63, 3.8) is 0 Å². The molecule has 0 unspecified atom stereocenters. The Morgan fingerprint density at radius 3 is 2.23 bits per heavy atom. The van der Waals surface area contributed by atoms with Crippen molar-refractivity contribution in [2.45, 2.75) is 24.0 Å². The molecule has 0 spiro atoms. The van der Waals surface area contributed by atoms with Gasteiger partial charge in [-0.1, -0.05) is 59.9 Å². The Bertz CT molecular complexity index is 1750. The normalized spacial score (nSPS) is 11.9. The summed E-state index contributed by atoms with van der Waals surface area (Å²) < 4.78 is 5.95. The molecule has 2 aromatic heterocycles. The Balaban J connectivity index is 1.28. The molecule has 0 aliphatic rings. The van der Waals surface area contributed by atoms with Gasteiger partial charge < -0.3 is 15.1 Å². The Morgan fingerprint density at radius 1 is 0.860 bits per heavy atom. The fourth-order valence-corrected chi connectivity index (χ4v) is 5.36. The van der Waals surface area contributed by atoms with E-state index in [9.17, 15) is 14.4 Å². The summed E-state index contributed by atoms with van der Waals surface area (Å²) >= 11 is 2.68. The van der Waals surface area contributed by atoms with Crippen LogP contribution in [-0.2, 0) is 9.59 Å². The van der Waals surface area contributed by atoms with Gasteiger partial charge in [-0.3, -0.25) is 19.7 Å². The topological polar surface area (TPSA) is 126 Å². The SMILES string of the molecule is Cc1nnc(NC(=O)[C@H](C)Sc2ccc(NC(=O)/C(=C/c3ccc(-c4ccccc4)o3)NC(=O)c3ccccc3)cc2)s1. The minimum atomic E-state index is -0.526. The van der Waals surface area contributed by atoms with E-state index in [4.69, 9.17) is 4.42 Å². The summed E-state index contributed by atoms with van der Waals surface area (Å²) in [5, 5.41) is 17.0. The molecule has 43 heavy (non-hydrogen) atoms. The molecule has 5 aromatic rings. The van der Waals surface area contributed by atoms with Gasteiger partial charge in [0.15, 0.2) is 0 Å². The summed E-state index contributed by atoms with van der Waals surface area (Å²) in [5.41, 5.74) is 1.83. The van der Waals surface area contributed by atoms with E-state index in [2.05, 4.69) is 26.1 Å². The van der Waals surface area contributed by atoms with Crippen molar-refractivity contribution >= 4 is 57.7 Å². The van der Waals surface area contributed by atoms with Crippen LogP contribution in [0.4, 0.5) is 10.8 Å². The van der Waals surface area contributed by atoms with Gasteiger partial charge in [-0.2, -0.15) is 0 Å². The number of nitrogens with one attached hydrogen (secondary N) is 3. The Kier molecular flexibility index (Phi) is 9.45. The van der Waals surface area contributed by atoms with Crippen LogP contribution in [0.15, 0.2) is 112 Å². The highest BCUT2D eigenvalue weighted by Gasteiger charge is 2.18. The van der Waals surface area contributed by atoms with Crippen LogP contribution in [0.5, 0.6) is 0 Å². The number of benzene rings is 3. The van der Waals surface area contributed by atoms with Crippen LogP contribution in [0, 0.1) is 6.92 Å². The standard InChI is InChI=1S/C32H27N5O4S2/c1-20(29(38)35-32-37-36-21(2)43-32)42-26-16-13-24(14-17-26)33-31(40)27(34-30(39)23-11-7-4-8-12-23)19-25-15-18-28(41-25)22-9-5-3-6-10-22/h3-20H,1-2H3,(H,33,40)(H,34,39)(H,35,37,38)/b27-19-/t20-/m0/s1. The summed E-state index contributed by atoms with van der Waals surface area (Å²) in [6.45, 7) is 3.62. The van der Waals surface area contributed by atoms with Gasteiger partial charge in [0.25, 0.3) is 11.8 Å². The summed E-state index contributed by atoms with van der Waals surface area (Å²) in [6.07, 6.45) is 1.49. The molecule has 0 saturated heterocycles. The van der Waals surface area contributed by atoms with Gasteiger partial charge in [0.2, 0.25) is 11.0 Å². The molecular formula is C32H27N5O4S2. The van der Waals surface area contributed by atoms with Gasteiger partial charge in [0.05, 0.1) is 5.25 Å². The van der Waals surface area contributed by atoms with Crippen LogP contribution in [0.2, 0.25) is 0 Å². The number of aryl methyl sites for hydroxylation is 1. The molecule has 3 amide bonds. The van der Waals surface area contributed by atoms with E-state index >= 15 is 0 Å². The molecule has 2 heterocycles. The van der Waals surface area contributed by atoms with Gasteiger partial charge in [0, 0.05) is 27.8 Å². The van der Waals surface area contributed by atoms with E-state index in [1.807, 2.05) is 61.5 Å². The number of carbonyl (C=O) groups is 3. The lowest BCUT2D eigenvalue weighted by molar-refractivity contribution is -0.115. The second-order valence-corrected chi connectivity index (χ2v) is 11.9. The molecule has 0 aliphatic heterocycles. The molecule has 0 bridgehead atoms. The molecule has 9 nitrogen and oxygen atoms in total. The van der Waals surface area contributed by atoms with E-state index in [1.54, 1.807) is 49.4 Å². The summed E-state index contributed by atoms with van der Waals surface area (Å²) in [4.78, 5) is 39.7. The molecule has 11 heteroatoms. The second kappa shape index (κ2) is 13.8. The van der Waals surface area contributed by atoms with Crippen LogP contribution in [0.3, 0.4) is 0 Å². The summed E-state index contributed by atoms with van der Waals surface area (Å²) in [6, 6.07) is 28.8. The van der Waals surface area contributed by atoms with E-state index in [0.29, 0.717) is 27.9 Å². The summed E-state index contributed by atoms with van der Waals surface area (Å²) in [5.74, 6) is -0.103. The van der Waals surface area contributed by atoms with Crippen LogP contribution in [0.1, 0.15) is 28.0 Å². The van der Waals surface area contributed by atoms with Gasteiger partial charge in [0.1, 0.15) is 22.2 Å². The number of anilines is 2. The molecule has 216 valence electrons. The fraction of sp³-hybridized carbons (Fsp3) is 0.0938. The first-order valence-electron chi connectivity index (χ1n) is 13.3. The minimum absolute atomic E-state index is 0.0125. The molecule has 5 rings (SSSR count). The first kappa shape index (κ1) is 29.5. The zero-order valence-corrected chi connectivity index (χ0v) is 24.9. The quantitative estimate of drug-likeness (QED) is 0.120. The van der Waals surface area contributed by atoms with Gasteiger partial charge in [-0.05, 0) is 62.4 Å². The zero-order valence-electron chi connectivity index (χ0n) is 23.2. The average Bonchev–Trinajstić information content (AvgIpc) is 3.67. The lowest BCUT2D eigenvalue weighted by Gasteiger charge is -2.12. The Morgan fingerprint density at radius 2 is 1.56 bits per heavy atom. The van der Waals surface area contributed by atoms with Crippen molar-refractivity contribution < 1.29 is 18.8 Å². The number of carbonyl (C=O) groups excluding carboxylic acids is 3. The number of furan rings is 1. The van der Waals surface area contributed by atoms with Crippen molar-refractivity contribution in [1.29, 1.82) is 0 Å². The maximum atomic E-state index is 13.4. The Hall–Kier alpha value is -5.00. The lowest BCUT2D eigenvalue weighted by Crippen LogP contribution is -2.30. The van der Waals surface area contributed by atoms with Gasteiger partial charge in [-0.15, -0.1) is 22.0 Å². The molecular weight excluding hydrogens is 583 g/mol. The van der Waals surface area contributed by atoms with Crippen molar-refractivity contribution in [1.82, 2.24) is 15.5 Å². The van der Waals surface area contributed by atoms with Crippen molar-refractivity contribution in [2.24, 2.45) is 0 Å². The van der Waals surface area contributed by atoms with Gasteiger partial charge >= 0.3 is 0 Å². The Labute approximate surface area is 256 Å². The molecule has 0 fully saturated rings. The average molecular weight is 610 g/mol. The van der Waals surface area contributed by atoms with Crippen LogP contribution < -0.4 is 16.0 Å². The third-order valence-electron chi connectivity index (χ3n) is 6.05. The third-order valence-corrected chi connectivity index (χ3v) is 7.92. The largest absolute Gasteiger partial charge is 0.457 e. The van der Waals surface area contributed by atoms with E-state index in [0.717, 1.165) is 15.5 Å². The van der Waals surface area contributed by atoms with Crippen LogP contribution in [0.25, 0.3) is 17.4 Å². The van der Waals surface area contributed by atoms with Crippen molar-refractivity contribution in [2.75, 3.05) is 10.6 Å². The first-order chi connectivity index (χ1) is 20.8. The monoisotopic (exact) mass is 609 g/mol. The number of hydrogen-bond donors (Lipinski definition) is 3. The maximum absolute atomic E-state index is 13.4. The fourth-order valence-electron chi connectivity index (χ4n) is 3.90. The van der Waals surface area contributed by atoms with Crippen LogP contribution in [-0.4, -0.2) is 33.2 Å². The van der Waals surface area contributed by atoms with E-state index in [-0.39, 0.29) is 16.9 Å². The molecule has 3 N–H and O–H groups in total. The number of rotatable bonds is 10. The highest BCUT2D eigenvalue weighted by Crippen LogP contribution is 2.27. The second-order valence-electron chi connectivity index (χ2n) is 9.30. The van der Waals surface area contributed by atoms with Crippen LogP contribution >= 0.6 is 23.1 Å². The number of thioether (sulfide) groups is 1. The molecule has 3 aromatic carbocycles. The molecule has 0 radical (unpaired) electrons. The molecule has 1 atom stereocenters. The zero-order chi connectivity index (χ0) is 30.2. The minimum Gasteiger partial charge on any atom is -0.457 e. The van der Waals surface area contributed by atoms with Crippen molar-refractivity contribution in [3.8, 4) is 11.3 Å². The lowest BCUT2D eigenvalue weighted by atomic mass is 10.2. The number of hydrogen-bond acceptors (Lipinski definition) is 8. The van der Waals surface area contributed by atoms with E-state index in [1.165, 1.54) is 29.2 Å². The highest BCUT2D eigenvalue weighted by atomic mass is 32.2. The van der Waals surface area contributed by atoms with Crippen molar-refractivity contribution in [3.05, 3.63) is 119 Å². The summed E-state index contributed by atoms with van der Waals surface area (Å²) in [7, 11) is 0.